The van der Waals surface area contributed by atoms with Gasteiger partial charge in [-0.3, -0.25) is 4.79 Å². The van der Waals surface area contributed by atoms with Gasteiger partial charge in [0, 0.05) is 4.47 Å². The standard InChI is InChI=1S/C16H15BrO3/c1-19-16(18)9-12-5-2-3-6-13(12)11-20-15-8-4-7-14(17)10-15/h2-8,10H,9,11H2,1H3. The highest BCUT2D eigenvalue weighted by Gasteiger charge is 2.08. The van der Waals surface area contributed by atoms with Crippen LogP contribution in [-0.2, 0) is 22.6 Å². The molecule has 0 fully saturated rings. The molecule has 0 radical (unpaired) electrons. The highest BCUT2D eigenvalue weighted by molar-refractivity contribution is 9.10. The molecule has 0 N–H and O–H groups in total. The van der Waals surface area contributed by atoms with E-state index >= 15 is 0 Å². The fourth-order valence-electron chi connectivity index (χ4n) is 1.82. The highest BCUT2D eigenvalue weighted by Crippen LogP contribution is 2.20. The van der Waals surface area contributed by atoms with Crippen LogP contribution in [0, 0.1) is 0 Å². The van der Waals surface area contributed by atoms with E-state index in [1.165, 1.54) is 7.11 Å². The van der Waals surface area contributed by atoms with E-state index < -0.39 is 0 Å². The first-order valence-electron chi connectivity index (χ1n) is 6.21. The summed E-state index contributed by atoms with van der Waals surface area (Å²) >= 11 is 3.40. The summed E-state index contributed by atoms with van der Waals surface area (Å²) in [4.78, 5) is 11.4. The van der Waals surface area contributed by atoms with Gasteiger partial charge in [0.1, 0.15) is 12.4 Å². The lowest BCUT2D eigenvalue weighted by Gasteiger charge is -2.10. The molecule has 0 aliphatic rings. The number of carbonyl (C=O) groups excluding carboxylic acids is 1. The molecule has 2 rings (SSSR count). The number of ether oxygens (including phenoxy) is 2. The van der Waals surface area contributed by atoms with E-state index in [0.29, 0.717) is 6.61 Å². The largest absolute Gasteiger partial charge is 0.489 e. The van der Waals surface area contributed by atoms with Crippen LogP contribution in [0.4, 0.5) is 0 Å². The van der Waals surface area contributed by atoms with Gasteiger partial charge in [-0.15, -0.1) is 0 Å². The first kappa shape index (κ1) is 14.6. The van der Waals surface area contributed by atoms with E-state index in [-0.39, 0.29) is 12.4 Å². The summed E-state index contributed by atoms with van der Waals surface area (Å²) in [6.07, 6.45) is 0.258. The first-order valence-corrected chi connectivity index (χ1v) is 7.00. The molecular weight excluding hydrogens is 320 g/mol. The molecule has 4 heteroatoms. The Labute approximate surface area is 126 Å². The van der Waals surface area contributed by atoms with Crippen molar-refractivity contribution in [3.05, 3.63) is 64.1 Å². The van der Waals surface area contributed by atoms with Crippen LogP contribution in [-0.4, -0.2) is 13.1 Å². The summed E-state index contributed by atoms with van der Waals surface area (Å²) in [5, 5.41) is 0. The van der Waals surface area contributed by atoms with E-state index in [0.717, 1.165) is 21.3 Å². The van der Waals surface area contributed by atoms with Crippen LogP contribution in [0.25, 0.3) is 0 Å². The Hall–Kier alpha value is -1.81. The molecule has 0 heterocycles. The molecule has 2 aromatic carbocycles. The molecule has 0 aliphatic carbocycles. The average molecular weight is 335 g/mol. The van der Waals surface area contributed by atoms with Crippen molar-refractivity contribution in [3.8, 4) is 5.75 Å². The number of carbonyl (C=O) groups is 1. The fourth-order valence-corrected chi connectivity index (χ4v) is 2.19. The number of halogens is 1. The Morgan fingerprint density at radius 1 is 1.10 bits per heavy atom. The lowest BCUT2D eigenvalue weighted by molar-refractivity contribution is -0.139. The predicted molar refractivity (Wildman–Crippen MR) is 80.6 cm³/mol. The maximum atomic E-state index is 11.4. The summed E-state index contributed by atoms with van der Waals surface area (Å²) in [6, 6.07) is 15.4. The summed E-state index contributed by atoms with van der Waals surface area (Å²) in [7, 11) is 1.39. The number of rotatable bonds is 5. The second-order valence-electron chi connectivity index (χ2n) is 4.27. The summed E-state index contributed by atoms with van der Waals surface area (Å²) in [6.45, 7) is 0.420. The Kier molecular flexibility index (Phi) is 5.18. The Balaban J connectivity index is 2.07. The van der Waals surface area contributed by atoms with E-state index in [1.807, 2.05) is 48.5 Å². The van der Waals surface area contributed by atoms with Crippen molar-refractivity contribution in [1.82, 2.24) is 0 Å². The summed E-state index contributed by atoms with van der Waals surface area (Å²) < 4.78 is 11.4. The van der Waals surface area contributed by atoms with Gasteiger partial charge in [0.15, 0.2) is 0 Å². The quantitative estimate of drug-likeness (QED) is 0.781. The monoisotopic (exact) mass is 334 g/mol. The molecule has 0 aromatic heterocycles. The molecule has 0 saturated carbocycles. The molecule has 0 atom stereocenters. The highest BCUT2D eigenvalue weighted by atomic mass is 79.9. The average Bonchev–Trinajstić information content (AvgIpc) is 2.46. The van der Waals surface area contributed by atoms with Crippen LogP contribution < -0.4 is 4.74 Å². The van der Waals surface area contributed by atoms with Gasteiger partial charge < -0.3 is 9.47 Å². The van der Waals surface area contributed by atoms with Crippen LogP contribution in [0.3, 0.4) is 0 Å². The van der Waals surface area contributed by atoms with Crippen molar-refractivity contribution in [1.29, 1.82) is 0 Å². The maximum Gasteiger partial charge on any atom is 0.309 e. The van der Waals surface area contributed by atoms with Crippen LogP contribution in [0.1, 0.15) is 11.1 Å². The van der Waals surface area contributed by atoms with Gasteiger partial charge in [0.2, 0.25) is 0 Å². The van der Waals surface area contributed by atoms with E-state index in [9.17, 15) is 4.79 Å². The van der Waals surface area contributed by atoms with Gasteiger partial charge in [0.05, 0.1) is 13.5 Å². The molecule has 0 saturated heterocycles. The summed E-state index contributed by atoms with van der Waals surface area (Å²) in [5.74, 6) is 0.534. The smallest absolute Gasteiger partial charge is 0.309 e. The minimum absolute atomic E-state index is 0.250. The van der Waals surface area contributed by atoms with Gasteiger partial charge in [-0.05, 0) is 29.3 Å². The number of hydrogen-bond donors (Lipinski definition) is 0. The molecule has 3 nitrogen and oxygen atoms in total. The fraction of sp³-hybridized carbons (Fsp3) is 0.188. The molecule has 0 unspecified atom stereocenters. The molecule has 0 amide bonds. The van der Waals surface area contributed by atoms with Crippen LogP contribution in [0.5, 0.6) is 5.75 Å². The van der Waals surface area contributed by atoms with E-state index in [2.05, 4.69) is 15.9 Å². The molecule has 20 heavy (non-hydrogen) atoms. The van der Waals surface area contributed by atoms with Crippen molar-refractivity contribution in [3.63, 3.8) is 0 Å². The number of hydrogen-bond acceptors (Lipinski definition) is 3. The maximum absolute atomic E-state index is 11.4. The molecule has 0 aliphatic heterocycles. The zero-order valence-corrected chi connectivity index (χ0v) is 12.7. The SMILES string of the molecule is COC(=O)Cc1ccccc1COc1cccc(Br)c1. The van der Waals surface area contributed by atoms with Gasteiger partial charge in [0.25, 0.3) is 0 Å². The zero-order chi connectivity index (χ0) is 14.4. The lowest BCUT2D eigenvalue weighted by atomic mass is 10.1. The third kappa shape index (κ3) is 4.10. The lowest BCUT2D eigenvalue weighted by Crippen LogP contribution is -2.08. The van der Waals surface area contributed by atoms with Gasteiger partial charge >= 0.3 is 5.97 Å². The third-order valence-corrected chi connectivity index (χ3v) is 3.36. The molecule has 2 aromatic rings. The normalized spacial score (nSPS) is 10.1. The van der Waals surface area contributed by atoms with Gasteiger partial charge in [-0.2, -0.15) is 0 Å². The number of esters is 1. The third-order valence-electron chi connectivity index (χ3n) is 2.87. The van der Waals surface area contributed by atoms with Crippen LogP contribution in [0.15, 0.2) is 53.0 Å². The van der Waals surface area contributed by atoms with Crippen LogP contribution >= 0.6 is 15.9 Å². The second kappa shape index (κ2) is 7.10. The van der Waals surface area contributed by atoms with E-state index in [4.69, 9.17) is 9.47 Å². The molecule has 0 spiro atoms. The van der Waals surface area contributed by atoms with Crippen molar-refractivity contribution >= 4 is 21.9 Å². The van der Waals surface area contributed by atoms with Crippen molar-refractivity contribution < 1.29 is 14.3 Å². The second-order valence-corrected chi connectivity index (χ2v) is 5.18. The Bertz CT molecular complexity index is 596. The number of methoxy groups -OCH3 is 1. The minimum Gasteiger partial charge on any atom is -0.489 e. The Morgan fingerprint density at radius 3 is 2.55 bits per heavy atom. The predicted octanol–water partition coefficient (Wildman–Crippen LogP) is 3.74. The van der Waals surface area contributed by atoms with Gasteiger partial charge in [-0.25, -0.2) is 0 Å². The number of benzene rings is 2. The molecule has 0 bridgehead atoms. The van der Waals surface area contributed by atoms with Gasteiger partial charge in [-0.1, -0.05) is 46.3 Å². The minimum atomic E-state index is -0.250. The molecule has 104 valence electrons. The zero-order valence-electron chi connectivity index (χ0n) is 11.1. The Morgan fingerprint density at radius 2 is 1.85 bits per heavy atom. The van der Waals surface area contributed by atoms with Crippen molar-refractivity contribution in [2.24, 2.45) is 0 Å². The topological polar surface area (TPSA) is 35.5 Å². The first-order chi connectivity index (χ1) is 9.69. The van der Waals surface area contributed by atoms with E-state index in [1.54, 1.807) is 0 Å². The van der Waals surface area contributed by atoms with Crippen molar-refractivity contribution in [2.45, 2.75) is 13.0 Å². The summed E-state index contributed by atoms with van der Waals surface area (Å²) in [5.41, 5.74) is 1.91. The van der Waals surface area contributed by atoms with Crippen molar-refractivity contribution in [2.75, 3.05) is 7.11 Å². The molecular formula is C16H15BrO3. The van der Waals surface area contributed by atoms with Crippen LogP contribution in [0.2, 0.25) is 0 Å².